The van der Waals surface area contributed by atoms with Gasteiger partial charge in [0.05, 0.1) is 23.9 Å². The van der Waals surface area contributed by atoms with E-state index < -0.39 is 12.2 Å². The van der Waals surface area contributed by atoms with Gasteiger partial charge in [-0.1, -0.05) is 23.6 Å². The Labute approximate surface area is 165 Å². The molecule has 0 amide bonds. The molecule has 2 aromatic heterocycles. The number of nitrogen functional groups attached to an aromatic ring is 1. The number of anilines is 1. The van der Waals surface area contributed by atoms with Gasteiger partial charge in [0, 0.05) is 5.02 Å². The van der Waals surface area contributed by atoms with E-state index in [1.54, 1.807) is 35.2 Å². The maximum atomic E-state index is 12.2. The number of hydrogen-bond donors (Lipinski definition) is 1. The Balaban J connectivity index is 1.48. The molecule has 0 spiro atoms. The molecule has 3 heterocycles. The van der Waals surface area contributed by atoms with Crippen molar-refractivity contribution in [2.24, 2.45) is 5.92 Å². The lowest BCUT2D eigenvalue weighted by Gasteiger charge is -2.17. The van der Waals surface area contributed by atoms with Gasteiger partial charge in [0.15, 0.2) is 17.7 Å². The van der Waals surface area contributed by atoms with Gasteiger partial charge in [-0.3, -0.25) is 4.57 Å². The molecule has 9 heteroatoms. The summed E-state index contributed by atoms with van der Waals surface area (Å²) in [7, 11) is 0. The lowest BCUT2D eigenvalue weighted by molar-refractivity contribution is -0.0351. The highest BCUT2D eigenvalue weighted by molar-refractivity contribution is 6.30. The lowest BCUT2D eigenvalue weighted by Crippen LogP contribution is -2.19. The smallest absolute Gasteiger partial charge is 0.338 e. The molecule has 142 valence electrons. The van der Waals surface area contributed by atoms with Crippen LogP contribution in [0.5, 0.6) is 0 Å². The zero-order chi connectivity index (χ0) is 19.7. The van der Waals surface area contributed by atoms with Crippen molar-refractivity contribution in [3.05, 3.63) is 47.5 Å². The minimum atomic E-state index is -0.487. The maximum absolute atomic E-state index is 12.2. The Morgan fingerprint density at radius 2 is 2.29 bits per heavy atom. The highest BCUT2D eigenvalue weighted by atomic mass is 35.5. The Morgan fingerprint density at radius 3 is 3.07 bits per heavy atom. The van der Waals surface area contributed by atoms with Crippen molar-refractivity contribution in [2.45, 2.75) is 18.8 Å². The summed E-state index contributed by atoms with van der Waals surface area (Å²) < 4.78 is 13.1. The van der Waals surface area contributed by atoms with Crippen molar-refractivity contribution in [1.29, 1.82) is 0 Å². The topological polar surface area (TPSA) is 105 Å². The molecule has 1 fully saturated rings. The van der Waals surface area contributed by atoms with E-state index in [2.05, 4.69) is 20.9 Å². The number of esters is 1. The van der Waals surface area contributed by atoms with Gasteiger partial charge in [0.1, 0.15) is 18.5 Å². The van der Waals surface area contributed by atoms with E-state index in [9.17, 15) is 4.79 Å². The second-order valence-electron chi connectivity index (χ2n) is 6.35. The van der Waals surface area contributed by atoms with Crippen LogP contribution in [0.15, 0.2) is 36.9 Å². The van der Waals surface area contributed by atoms with E-state index in [0.29, 0.717) is 28.2 Å². The molecule has 2 N–H and O–H groups in total. The molecule has 28 heavy (non-hydrogen) atoms. The van der Waals surface area contributed by atoms with Crippen LogP contribution in [0.2, 0.25) is 5.02 Å². The van der Waals surface area contributed by atoms with Gasteiger partial charge in [-0.05, 0) is 24.6 Å². The standard InChI is InChI=1S/C19H16ClN5O3/c1-2-11-7-14(8-27-19(26)12-4-3-5-13(20)6-12)28-18(11)25-10-24-15-16(21)22-9-23-17(15)25/h1,3-6,9-11,14,18H,7-8H2,(H2,21,22,23). The second-order valence-corrected chi connectivity index (χ2v) is 6.79. The fourth-order valence-corrected chi connectivity index (χ4v) is 3.38. The van der Waals surface area contributed by atoms with E-state index in [0.717, 1.165) is 0 Å². The minimum absolute atomic E-state index is 0.0732. The van der Waals surface area contributed by atoms with Crippen LogP contribution in [0.4, 0.5) is 5.82 Å². The van der Waals surface area contributed by atoms with Crippen LogP contribution in [0.1, 0.15) is 23.0 Å². The van der Waals surface area contributed by atoms with Crippen molar-refractivity contribution in [2.75, 3.05) is 12.3 Å². The molecule has 0 bridgehead atoms. The third-order valence-electron chi connectivity index (χ3n) is 4.53. The van der Waals surface area contributed by atoms with Gasteiger partial charge in [-0.15, -0.1) is 6.42 Å². The first-order valence-electron chi connectivity index (χ1n) is 8.54. The number of fused-ring (bicyclic) bond motifs is 1. The van der Waals surface area contributed by atoms with Crippen molar-refractivity contribution in [1.82, 2.24) is 19.5 Å². The number of nitrogens with two attached hydrogens (primary N) is 1. The molecule has 1 aliphatic heterocycles. The molecular formula is C19H16ClN5O3. The zero-order valence-corrected chi connectivity index (χ0v) is 15.4. The third-order valence-corrected chi connectivity index (χ3v) is 4.76. The Morgan fingerprint density at radius 1 is 1.43 bits per heavy atom. The molecule has 4 rings (SSSR count). The van der Waals surface area contributed by atoms with E-state index in [-0.39, 0.29) is 24.4 Å². The summed E-state index contributed by atoms with van der Waals surface area (Å²) in [5.41, 5.74) is 7.23. The molecule has 3 atom stereocenters. The second kappa shape index (κ2) is 7.46. The Bertz CT molecular complexity index is 1080. The molecule has 3 aromatic rings. The van der Waals surface area contributed by atoms with Crippen LogP contribution in [0, 0.1) is 18.3 Å². The number of terminal acetylenes is 1. The van der Waals surface area contributed by atoms with Gasteiger partial charge in [-0.25, -0.2) is 19.7 Å². The number of carbonyl (C=O) groups is 1. The molecular weight excluding hydrogens is 382 g/mol. The molecule has 1 aliphatic rings. The van der Waals surface area contributed by atoms with E-state index in [1.807, 2.05) is 0 Å². The quantitative estimate of drug-likeness (QED) is 0.532. The average molecular weight is 398 g/mol. The van der Waals surface area contributed by atoms with Crippen molar-refractivity contribution >= 4 is 34.6 Å². The monoisotopic (exact) mass is 397 g/mol. The number of nitrogens with zero attached hydrogens (tertiary/aromatic N) is 4. The SMILES string of the molecule is C#CC1CC(COC(=O)c2cccc(Cl)c2)OC1n1cnc2c(N)ncnc21. The van der Waals surface area contributed by atoms with Crippen LogP contribution in [0.3, 0.4) is 0 Å². The summed E-state index contributed by atoms with van der Waals surface area (Å²) in [6, 6.07) is 6.56. The number of imidazole rings is 1. The highest BCUT2D eigenvalue weighted by Gasteiger charge is 2.37. The molecule has 0 radical (unpaired) electrons. The Hall–Kier alpha value is -3.15. The number of aromatic nitrogens is 4. The number of carbonyl (C=O) groups excluding carboxylic acids is 1. The molecule has 3 unspecified atom stereocenters. The van der Waals surface area contributed by atoms with Gasteiger partial charge in [-0.2, -0.15) is 0 Å². The van der Waals surface area contributed by atoms with Gasteiger partial charge >= 0.3 is 5.97 Å². The van der Waals surface area contributed by atoms with Crippen molar-refractivity contribution < 1.29 is 14.3 Å². The van der Waals surface area contributed by atoms with Crippen molar-refractivity contribution in [3.8, 4) is 12.3 Å². The van der Waals surface area contributed by atoms with Gasteiger partial charge < -0.3 is 15.2 Å². The fourth-order valence-electron chi connectivity index (χ4n) is 3.19. The van der Waals surface area contributed by atoms with E-state index in [4.69, 9.17) is 33.2 Å². The fraction of sp³-hybridized carbons (Fsp3) is 0.263. The number of benzene rings is 1. The molecule has 0 saturated carbocycles. The first kappa shape index (κ1) is 18.2. The largest absolute Gasteiger partial charge is 0.459 e. The number of hydrogen-bond acceptors (Lipinski definition) is 7. The van der Waals surface area contributed by atoms with E-state index >= 15 is 0 Å². The summed E-state index contributed by atoms with van der Waals surface area (Å²) in [6.45, 7) is 0.0732. The predicted molar refractivity (Wildman–Crippen MR) is 102 cm³/mol. The molecule has 0 aliphatic carbocycles. The van der Waals surface area contributed by atoms with Crippen LogP contribution < -0.4 is 5.73 Å². The average Bonchev–Trinajstić information content (AvgIpc) is 3.30. The summed E-state index contributed by atoms with van der Waals surface area (Å²) >= 11 is 5.91. The molecule has 8 nitrogen and oxygen atoms in total. The first-order valence-corrected chi connectivity index (χ1v) is 8.92. The van der Waals surface area contributed by atoms with Crippen LogP contribution in [-0.4, -0.2) is 38.2 Å². The van der Waals surface area contributed by atoms with Crippen molar-refractivity contribution in [3.63, 3.8) is 0 Å². The highest BCUT2D eigenvalue weighted by Crippen LogP contribution is 2.36. The van der Waals surface area contributed by atoms with Crippen LogP contribution in [-0.2, 0) is 9.47 Å². The zero-order valence-electron chi connectivity index (χ0n) is 14.7. The summed E-state index contributed by atoms with van der Waals surface area (Å²) in [5.74, 6) is 2.31. The summed E-state index contributed by atoms with van der Waals surface area (Å²) in [5, 5.41) is 0.465. The third kappa shape index (κ3) is 3.38. The first-order chi connectivity index (χ1) is 13.6. The van der Waals surface area contributed by atoms with E-state index in [1.165, 1.54) is 6.33 Å². The molecule has 1 aromatic carbocycles. The normalized spacial score (nSPS) is 21.5. The van der Waals surface area contributed by atoms with Gasteiger partial charge in [0.25, 0.3) is 0 Å². The summed E-state index contributed by atoms with van der Waals surface area (Å²) in [4.78, 5) is 24.6. The number of rotatable bonds is 4. The molecule has 1 saturated heterocycles. The minimum Gasteiger partial charge on any atom is -0.459 e. The van der Waals surface area contributed by atoms with Gasteiger partial charge in [0.2, 0.25) is 0 Å². The number of ether oxygens (including phenoxy) is 2. The Kier molecular flexibility index (Phi) is 4.86. The number of halogens is 1. The van der Waals surface area contributed by atoms with Crippen LogP contribution in [0.25, 0.3) is 11.2 Å². The summed E-state index contributed by atoms with van der Waals surface area (Å²) in [6.07, 6.45) is 8.31. The maximum Gasteiger partial charge on any atom is 0.338 e. The van der Waals surface area contributed by atoms with Crippen LogP contribution >= 0.6 is 11.6 Å². The lowest BCUT2D eigenvalue weighted by atomic mass is 10.0. The predicted octanol–water partition coefficient (Wildman–Crippen LogP) is 2.46.